The first-order valence-electron chi connectivity index (χ1n) is 8.77. The van der Waals surface area contributed by atoms with Crippen LogP contribution >= 0.6 is 0 Å². The number of nitro benzene ring substituents is 1. The zero-order valence-electron chi connectivity index (χ0n) is 16.1. The molecule has 2 aromatic rings. The summed E-state index contributed by atoms with van der Waals surface area (Å²) in [5.41, 5.74) is 0.457. The van der Waals surface area contributed by atoms with Crippen LogP contribution in [-0.2, 0) is 27.7 Å². The van der Waals surface area contributed by atoms with Crippen molar-refractivity contribution in [1.29, 1.82) is 0 Å². The number of H-pyrrole nitrogens is 1. The van der Waals surface area contributed by atoms with E-state index in [0.29, 0.717) is 24.2 Å². The highest BCUT2D eigenvalue weighted by molar-refractivity contribution is 7.92. The molecule has 12 heteroatoms. The van der Waals surface area contributed by atoms with E-state index in [9.17, 15) is 23.3 Å². The number of sulfonamides is 1. The molecule has 0 atom stereocenters. The van der Waals surface area contributed by atoms with Gasteiger partial charge in [-0.05, 0) is 39.3 Å². The van der Waals surface area contributed by atoms with Crippen molar-refractivity contribution in [3.8, 4) is 0 Å². The van der Waals surface area contributed by atoms with Crippen LogP contribution in [0.5, 0.6) is 0 Å². The number of amides is 1. The minimum atomic E-state index is -3.97. The van der Waals surface area contributed by atoms with E-state index >= 15 is 0 Å². The minimum Gasteiger partial charge on any atom is -0.444 e. The molecule has 0 bridgehead atoms. The lowest BCUT2D eigenvalue weighted by Crippen LogP contribution is -2.39. The first kappa shape index (κ1) is 20.6. The highest BCUT2D eigenvalue weighted by Crippen LogP contribution is 2.27. The largest absolute Gasteiger partial charge is 0.444 e. The number of aromatic nitrogens is 2. The maximum atomic E-state index is 12.6. The highest BCUT2D eigenvalue weighted by Gasteiger charge is 2.29. The molecular weight excluding hydrogens is 402 g/mol. The van der Waals surface area contributed by atoms with Crippen LogP contribution < -0.4 is 4.72 Å². The van der Waals surface area contributed by atoms with Crippen LogP contribution in [0.2, 0.25) is 0 Å². The van der Waals surface area contributed by atoms with E-state index in [1.54, 1.807) is 20.8 Å². The Bertz CT molecular complexity index is 1040. The maximum Gasteiger partial charge on any atom is 0.410 e. The molecule has 1 aliphatic heterocycles. The Labute approximate surface area is 167 Å². The Morgan fingerprint density at radius 2 is 1.97 bits per heavy atom. The van der Waals surface area contributed by atoms with Gasteiger partial charge in [0.15, 0.2) is 5.82 Å². The summed E-state index contributed by atoms with van der Waals surface area (Å²) >= 11 is 0. The Morgan fingerprint density at radius 3 is 2.55 bits per heavy atom. The number of rotatable bonds is 4. The average Bonchev–Trinajstić information content (AvgIpc) is 3.02. The van der Waals surface area contributed by atoms with Crippen molar-refractivity contribution in [2.75, 3.05) is 11.3 Å². The van der Waals surface area contributed by atoms with Gasteiger partial charge in [0.05, 0.1) is 22.1 Å². The van der Waals surface area contributed by atoms with Crippen LogP contribution in [0, 0.1) is 10.1 Å². The standard InChI is InChI=1S/C17H21N5O6S/c1-17(2,3)28-16(23)21-9-8-13-14(10-21)18-19-15(13)20-29(26,27)12-6-4-11(5-7-12)22(24)25/h4-7H,8-10H2,1-3H3,(H2,18,19,20). The lowest BCUT2D eigenvalue weighted by atomic mass is 10.1. The van der Waals surface area contributed by atoms with Crippen molar-refractivity contribution >= 4 is 27.6 Å². The maximum absolute atomic E-state index is 12.6. The number of carbonyl (C=O) groups excluding carboxylic acids is 1. The summed E-state index contributed by atoms with van der Waals surface area (Å²) in [6, 6.07) is 4.55. The Balaban J connectivity index is 1.75. The molecule has 0 saturated heterocycles. The number of nitrogens with one attached hydrogen (secondary N) is 2. The van der Waals surface area contributed by atoms with Gasteiger partial charge in [0.25, 0.3) is 15.7 Å². The summed E-state index contributed by atoms with van der Waals surface area (Å²) in [5.74, 6) is 0.141. The van der Waals surface area contributed by atoms with E-state index in [4.69, 9.17) is 4.74 Å². The van der Waals surface area contributed by atoms with E-state index in [1.165, 1.54) is 4.90 Å². The summed E-state index contributed by atoms with van der Waals surface area (Å²) in [5, 5.41) is 17.5. The molecule has 0 spiro atoms. The number of anilines is 1. The molecule has 1 aromatic heterocycles. The minimum absolute atomic E-state index is 0.119. The fourth-order valence-corrected chi connectivity index (χ4v) is 3.85. The van der Waals surface area contributed by atoms with Crippen LogP contribution in [0.15, 0.2) is 29.2 Å². The fourth-order valence-electron chi connectivity index (χ4n) is 2.82. The van der Waals surface area contributed by atoms with E-state index in [2.05, 4.69) is 14.9 Å². The predicted molar refractivity (Wildman–Crippen MR) is 103 cm³/mol. The Kier molecular flexibility index (Phi) is 5.22. The smallest absolute Gasteiger partial charge is 0.410 e. The molecule has 0 radical (unpaired) electrons. The molecule has 0 aliphatic carbocycles. The molecule has 0 fully saturated rings. The summed E-state index contributed by atoms with van der Waals surface area (Å²) in [7, 11) is -3.97. The first-order chi connectivity index (χ1) is 13.5. The van der Waals surface area contributed by atoms with Gasteiger partial charge < -0.3 is 9.64 Å². The zero-order valence-corrected chi connectivity index (χ0v) is 16.9. The summed E-state index contributed by atoms with van der Waals surface area (Å²) < 4.78 is 32.9. The van der Waals surface area contributed by atoms with Crippen molar-refractivity contribution in [1.82, 2.24) is 15.1 Å². The number of carbonyl (C=O) groups is 1. The van der Waals surface area contributed by atoms with Crippen LogP contribution in [-0.4, -0.2) is 46.7 Å². The lowest BCUT2D eigenvalue weighted by molar-refractivity contribution is -0.384. The molecule has 2 N–H and O–H groups in total. The molecule has 29 heavy (non-hydrogen) atoms. The third-order valence-electron chi connectivity index (χ3n) is 4.17. The van der Waals surface area contributed by atoms with Crippen LogP contribution in [0.3, 0.4) is 0 Å². The Hall–Kier alpha value is -3.15. The molecular formula is C17H21N5O6S. The second kappa shape index (κ2) is 7.35. The number of hydrogen-bond donors (Lipinski definition) is 2. The second-order valence-corrected chi connectivity index (χ2v) is 9.22. The number of ether oxygens (including phenoxy) is 1. The van der Waals surface area contributed by atoms with E-state index in [-0.39, 0.29) is 22.9 Å². The molecule has 0 saturated carbocycles. The number of benzene rings is 1. The molecule has 1 aliphatic rings. The molecule has 3 rings (SSSR count). The number of nitrogens with zero attached hydrogens (tertiary/aromatic N) is 3. The van der Waals surface area contributed by atoms with Gasteiger partial charge in [0.2, 0.25) is 0 Å². The number of fused-ring (bicyclic) bond motifs is 1. The van der Waals surface area contributed by atoms with Crippen LogP contribution in [0.4, 0.5) is 16.3 Å². The van der Waals surface area contributed by atoms with Gasteiger partial charge in [-0.25, -0.2) is 13.2 Å². The highest BCUT2D eigenvalue weighted by atomic mass is 32.2. The van der Waals surface area contributed by atoms with Gasteiger partial charge in [-0.3, -0.25) is 19.9 Å². The SMILES string of the molecule is CC(C)(C)OC(=O)N1CCc2c(NS(=O)(=O)c3ccc([N+](=O)[O-])cc3)n[nH]c2C1. The quantitative estimate of drug-likeness (QED) is 0.567. The molecule has 2 heterocycles. The molecule has 1 amide bonds. The normalized spacial score (nSPS) is 14.2. The lowest BCUT2D eigenvalue weighted by Gasteiger charge is -2.29. The summed E-state index contributed by atoms with van der Waals surface area (Å²) in [6.45, 7) is 5.91. The summed E-state index contributed by atoms with van der Waals surface area (Å²) in [4.78, 5) is 23.7. The Morgan fingerprint density at radius 1 is 1.31 bits per heavy atom. The van der Waals surface area contributed by atoms with Gasteiger partial charge in [0.1, 0.15) is 5.60 Å². The molecule has 0 unspecified atom stereocenters. The fraction of sp³-hybridized carbons (Fsp3) is 0.412. The third kappa shape index (κ3) is 4.65. The number of hydrogen-bond acceptors (Lipinski definition) is 7. The van der Waals surface area contributed by atoms with E-state index < -0.39 is 26.6 Å². The average molecular weight is 423 g/mol. The second-order valence-electron chi connectivity index (χ2n) is 7.54. The predicted octanol–water partition coefficient (Wildman–Crippen LogP) is 2.41. The topological polar surface area (TPSA) is 148 Å². The van der Waals surface area contributed by atoms with Crippen molar-refractivity contribution < 1.29 is 22.9 Å². The zero-order chi connectivity index (χ0) is 21.4. The first-order valence-corrected chi connectivity index (χ1v) is 10.3. The van der Waals surface area contributed by atoms with Gasteiger partial charge in [-0.1, -0.05) is 0 Å². The van der Waals surface area contributed by atoms with Crippen molar-refractivity contribution in [3.63, 3.8) is 0 Å². The van der Waals surface area contributed by atoms with Gasteiger partial charge in [-0.2, -0.15) is 5.10 Å². The van der Waals surface area contributed by atoms with Gasteiger partial charge >= 0.3 is 6.09 Å². The summed E-state index contributed by atoms with van der Waals surface area (Å²) in [6.07, 6.45) is -0.0609. The third-order valence-corrected chi connectivity index (χ3v) is 5.53. The number of nitro groups is 1. The molecule has 11 nitrogen and oxygen atoms in total. The van der Waals surface area contributed by atoms with Crippen molar-refractivity contribution in [2.24, 2.45) is 0 Å². The monoisotopic (exact) mass is 423 g/mol. The number of aromatic amines is 1. The van der Waals surface area contributed by atoms with Gasteiger partial charge in [0, 0.05) is 24.2 Å². The van der Waals surface area contributed by atoms with E-state index in [0.717, 1.165) is 24.3 Å². The van der Waals surface area contributed by atoms with Crippen LogP contribution in [0.25, 0.3) is 0 Å². The molecule has 156 valence electrons. The molecule has 1 aromatic carbocycles. The van der Waals surface area contributed by atoms with Gasteiger partial charge in [-0.15, -0.1) is 0 Å². The number of non-ortho nitro benzene ring substituents is 1. The van der Waals surface area contributed by atoms with Crippen LogP contribution in [0.1, 0.15) is 32.0 Å². The van der Waals surface area contributed by atoms with E-state index in [1.807, 2.05) is 0 Å². The van der Waals surface area contributed by atoms with Crippen molar-refractivity contribution in [3.05, 3.63) is 45.6 Å². The van der Waals surface area contributed by atoms with Crippen molar-refractivity contribution in [2.45, 2.75) is 44.2 Å².